The van der Waals surface area contributed by atoms with Crippen LogP contribution in [0, 0.1) is 0 Å². The van der Waals surface area contributed by atoms with Gasteiger partial charge in [0.2, 0.25) is 0 Å². The van der Waals surface area contributed by atoms with Gasteiger partial charge in [-0.2, -0.15) is 0 Å². The number of benzene rings is 1. The number of methoxy groups -OCH3 is 2. The number of carbonyl (C=O) groups is 1. The standard InChI is InChI=1S/C14H14BrN3O3/c1-20-11-4-3-8(15)7-10(11)18-13-12(16)9(5-6-17-13)14(19)21-2/h3-7H,16H2,1-2H3,(H,17,18). The van der Waals surface area contributed by atoms with Gasteiger partial charge in [0.15, 0.2) is 5.82 Å². The first-order valence-corrected chi connectivity index (χ1v) is 6.79. The number of pyridine rings is 1. The van der Waals surface area contributed by atoms with E-state index in [1.807, 2.05) is 12.1 Å². The van der Waals surface area contributed by atoms with Crippen molar-refractivity contribution in [2.24, 2.45) is 0 Å². The third-order valence-electron chi connectivity index (χ3n) is 2.81. The molecule has 0 amide bonds. The Hall–Kier alpha value is -2.28. The number of nitrogens with one attached hydrogen (secondary N) is 1. The molecule has 7 heteroatoms. The molecule has 0 radical (unpaired) electrons. The number of esters is 1. The summed E-state index contributed by atoms with van der Waals surface area (Å²) < 4.78 is 10.8. The minimum atomic E-state index is -0.515. The van der Waals surface area contributed by atoms with Gasteiger partial charge in [-0.05, 0) is 24.3 Å². The molecule has 110 valence electrons. The van der Waals surface area contributed by atoms with Crippen LogP contribution in [-0.4, -0.2) is 25.2 Å². The number of nitrogens with two attached hydrogens (primary N) is 1. The van der Waals surface area contributed by atoms with E-state index >= 15 is 0 Å². The van der Waals surface area contributed by atoms with E-state index in [4.69, 9.17) is 10.5 Å². The van der Waals surface area contributed by atoms with E-state index in [1.165, 1.54) is 19.4 Å². The van der Waals surface area contributed by atoms with Gasteiger partial charge >= 0.3 is 5.97 Å². The molecule has 2 rings (SSSR count). The van der Waals surface area contributed by atoms with E-state index in [0.717, 1.165) is 4.47 Å². The number of rotatable bonds is 4. The summed E-state index contributed by atoms with van der Waals surface area (Å²) in [6.45, 7) is 0. The van der Waals surface area contributed by atoms with Crippen LogP contribution in [0.2, 0.25) is 0 Å². The maximum atomic E-state index is 11.6. The lowest BCUT2D eigenvalue weighted by molar-refractivity contribution is 0.0602. The largest absolute Gasteiger partial charge is 0.495 e. The van der Waals surface area contributed by atoms with Gasteiger partial charge in [0.25, 0.3) is 0 Å². The molecule has 1 heterocycles. The number of ether oxygens (including phenoxy) is 2. The van der Waals surface area contributed by atoms with Crippen molar-refractivity contribution in [3.63, 3.8) is 0 Å². The number of anilines is 3. The lowest BCUT2D eigenvalue weighted by atomic mass is 10.2. The lowest BCUT2D eigenvalue weighted by Crippen LogP contribution is -2.09. The molecule has 0 saturated heterocycles. The van der Waals surface area contributed by atoms with Gasteiger partial charge in [-0.3, -0.25) is 0 Å². The van der Waals surface area contributed by atoms with Gasteiger partial charge in [-0.25, -0.2) is 9.78 Å². The Kier molecular flexibility index (Phi) is 4.64. The highest BCUT2D eigenvalue weighted by Crippen LogP contribution is 2.32. The molecule has 0 fully saturated rings. The highest BCUT2D eigenvalue weighted by atomic mass is 79.9. The smallest absolute Gasteiger partial charge is 0.340 e. The van der Waals surface area contributed by atoms with E-state index in [-0.39, 0.29) is 11.3 Å². The summed E-state index contributed by atoms with van der Waals surface area (Å²) in [6.07, 6.45) is 1.48. The minimum Gasteiger partial charge on any atom is -0.495 e. The Morgan fingerprint density at radius 1 is 1.33 bits per heavy atom. The molecule has 0 aliphatic carbocycles. The van der Waals surface area contributed by atoms with Crippen LogP contribution in [0.3, 0.4) is 0 Å². The van der Waals surface area contributed by atoms with Crippen molar-refractivity contribution >= 4 is 39.1 Å². The first-order chi connectivity index (χ1) is 10.1. The zero-order valence-electron chi connectivity index (χ0n) is 11.5. The summed E-state index contributed by atoms with van der Waals surface area (Å²) >= 11 is 3.38. The van der Waals surface area contributed by atoms with Crippen molar-refractivity contribution in [1.29, 1.82) is 0 Å². The van der Waals surface area contributed by atoms with Gasteiger partial charge in [-0.1, -0.05) is 15.9 Å². The number of nitrogens with zero attached hydrogens (tertiary/aromatic N) is 1. The fourth-order valence-corrected chi connectivity index (χ4v) is 2.13. The SMILES string of the molecule is COC(=O)c1ccnc(Nc2cc(Br)ccc2OC)c1N. The van der Waals surface area contributed by atoms with Crippen molar-refractivity contribution in [1.82, 2.24) is 4.98 Å². The maximum Gasteiger partial charge on any atom is 0.340 e. The number of hydrogen-bond donors (Lipinski definition) is 2. The Balaban J connectivity index is 2.41. The average Bonchev–Trinajstić information content (AvgIpc) is 2.49. The molecule has 0 aliphatic heterocycles. The minimum absolute atomic E-state index is 0.214. The quantitative estimate of drug-likeness (QED) is 0.823. The summed E-state index contributed by atoms with van der Waals surface area (Å²) in [7, 11) is 2.86. The van der Waals surface area contributed by atoms with Gasteiger partial charge in [0, 0.05) is 10.7 Å². The van der Waals surface area contributed by atoms with Crippen LogP contribution in [0.1, 0.15) is 10.4 Å². The molecule has 0 atom stereocenters. The fourth-order valence-electron chi connectivity index (χ4n) is 1.77. The van der Waals surface area contributed by atoms with Crippen LogP contribution in [0.15, 0.2) is 34.9 Å². The molecule has 21 heavy (non-hydrogen) atoms. The Bertz CT molecular complexity index is 677. The zero-order chi connectivity index (χ0) is 15.4. The van der Waals surface area contributed by atoms with Gasteiger partial charge in [-0.15, -0.1) is 0 Å². The van der Waals surface area contributed by atoms with Crippen LogP contribution in [0.4, 0.5) is 17.2 Å². The predicted octanol–water partition coefficient (Wildman–Crippen LogP) is 2.97. The summed E-state index contributed by atoms with van der Waals surface area (Å²) in [5.74, 6) is 0.469. The first-order valence-electron chi connectivity index (χ1n) is 6.00. The number of carbonyl (C=O) groups excluding carboxylic acids is 1. The molecule has 1 aromatic heterocycles. The summed E-state index contributed by atoms with van der Waals surface area (Å²) in [6, 6.07) is 6.98. The van der Waals surface area contributed by atoms with Crippen LogP contribution in [-0.2, 0) is 4.74 Å². The first kappa shape index (κ1) is 15.1. The van der Waals surface area contributed by atoms with Crippen molar-refractivity contribution in [3.8, 4) is 5.75 Å². The highest BCUT2D eigenvalue weighted by molar-refractivity contribution is 9.10. The van der Waals surface area contributed by atoms with Crippen LogP contribution in [0.5, 0.6) is 5.75 Å². The number of hydrogen-bond acceptors (Lipinski definition) is 6. The second-order valence-corrected chi connectivity index (χ2v) is 5.00. The number of aromatic nitrogens is 1. The van der Waals surface area contributed by atoms with E-state index in [0.29, 0.717) is 17.3 Å². The highest BCUT2D eigenvalue weighted by Gasteiger charge is 2.15. The fraction of sp³-hybridized carbons (Fsp3) is 0.143. The Labute approximate surface area is 130 Å². The predicted molar refractivity (Wildman–Crippen MR) is 84.0 cm³/mol. The van der Waals surface area contributed by atoms with Crippen molar-refractivity contribution in [3.05, 3.63) is 40.5 Å². The third kappa shape index (κ3) is 3.25. The van der Waals surface area contributed by atoms with Gasteiger partial charge < -0.3 is 20.5 Å². The summed E-state index contributed by atoms with van der Waals surface area (Å²) in [5.41, 5.74) is 7.10. The molecule has 2 aromatic rings. The monoisotopic (exact) mass is 351 g/mol. The molecule has 1 aromatic carbocycles. The van der Waals surface area contributed by atoms with Crippen molar-refractivity contribution < 1.29 is 14.3 Å². The topological polar surface area (TPSA) is 86.5 Å². The molecule has 6 nitrogen and oxygen atoms in total. The van der Waals surface area contributed by atoms with Crippen LogP contribution in [0.25, 0.3) is 0 Å². The summed E-state index contributed by atoms with van der Waals surface area (Å²) in [4.78, 5) is 15.8. The van der Waals surface area contributed by atoms with E-state index in [1.54, 1.807) is 13.2 Å². The normalized spacial score (nSPS) is 10.0. The Morgan fingerprint density at radius 2 is 2.10 bits per heavy atom. The van der Waals surface area contributed by atoms with Crippen LogP contribution < -0.4 is 15.8 Å². The third-order valence-corrected chi connectivity index (χ3v) is 3.30. The summed E-state index contributed by atoms with van der Waals surface area (Å²) in [5, 5.41) is 3.05. The van der Waals surface area contributed by atoms with Gasteiger partial charge in [0.05, 0.1) is 31.2 Å². The van der Waals surface area contributed by atoms with Gasteiger partial charge in [0.1, 0.15) is 5.75 Å². The molecule has 0 bridgehead atoms. The maximum absolute atomic E-state index is 11.6. The van der Waals surface area contributed by atoms with Crippen molar-refractivity contribution in [2.75, 3.05) is 25.3 Å². The molecule has 3 N–H and O–H groups in total. The number of halogens is 1. The molecule has 0 saturated carbocycles. The molecule has 0 spiro atoms. The lowest BCUT2D eigenvalue weighted by Gasteiger charge is -2.13. The second kappa shape index (κ2) is 6.45. The second-order valence-electron chi connectivity index (χ2n) is 4.08. The average molecular weight is 352 g/mol. The van der Waals surface area contributed by atoms with E-state index in [2.05, 4.69) is 31.0 Å². The molecular formula is C14H14BrN3O3. The molecule has 0 aliphatic rings. The molecular weight excluding hydrogens is 338 g/mol. The molecule has 0 unspecified atom stereocenters. The van der Waals surface area contributed by atoms with Crippen molar-refractivity contribution in [2.45, 2.75) is 0 Å². The zero-order valence-corrected chi connectivity index (χ0v) is 13.1. The number of nitrogen functional groups attached to an aromatic ring is 1. The Morgan fingerprint density at radius 3 is 2.76 bits per heavy atom. The van der Waals surface area contributed by atoms with E-state index in [9.17, 15) is 4.79 Å². The van der Waals surface area contributed by atoms with E-state index < -0.39 is 5.97 Å². The van der Waals surface area contributed by atoms with Crippen LogP contribution >= 0.6 is 15.9 Å².